The Morgan fingerprint density at radius 3 is 2.52 bits per heavy atom. The Balaban J connectivity index is 1.63. The van der Waals surface area contributed by atoms with E-state index < -0.39 is 33.4 Å². The average molecular weight is 493 g/mol. The van der Waals surface area contributed by atoms with E-state index in [1.807, 2.05) is 0 Å². The Hall–Kier alpha value is -3.89. The molecule has 0 bridgehead atoms. The zero-order chi connectivity index (χ0) is 24.2. The summed E-state index contributed by atoms with van der Waals surface area (Å²) in [5.41, 5.74) is -0.247. The van der Waals surface area contributed by atoms with Crippen molar-refractivity contribution < 1.29 is 27.7 Å². The number of carbonyl (C=O) groups excluding carboxylic acids is 2. The lowest BCUT2D eigenvalue weighted by molar-refractivity contribution is -0.387. The minimum atomic E-state index is -3.87. The lowest BCUT2D eigenvalue weighted by Gasteiger charge is -2.08. The van der Waals surface area contributed by atoms with Crippen LogP contribution in [0.3, 0.4) is 0 Å². The second-order valence-corrected chi connectivity index (χ2v) is 8.89. The van der Waals surface area contributed by atoms with Gasteiger partial charge >= 0.3 is 5.97 Å². The van der Waals surface area contributed by atoms with E-state index >= 15 is 0 Å². The van der Waals surface area contributed by atoms with E-state index in [0.717, 1.165) is 17.8 Å². The fraction of sp³-hybridized carbons (Fsp3) is 0.118. The number of benzene rings is 2. The summed E-state index contributed by atoms with van der Waals surface area (Å²) in [5, 5.41) is 30.0. The van der Waals surface area contributed by atoms with E-state index in [0.29, 0.717) is 5.16 Å². The van der Waals surface area contributed by atoms with Crippen LogP contribution in [0.5, 0.6) is 0 Å². The predicted molar refractivity (Wildman–Crippen MR) is 113 cm³/mol. The fourth-order valence-electron chi connectivity index (χ4n) is 2.42. The number of aromatic nitrogens is 4. The zero-order valence-corrected chi connectivity index (χ0v) is 18.4. The number of rotatable bonds is 8. The highest BCUT2D eigenvalue weighted by molar-refractivity contribution is 7.99. The second-order valence-electron chi connectivity index (χ2n) is 6.32. The maximum absolute atomic E-state index is 12.3. The van der Waals surface area contributed by atoms with Crippen LogP contribution < -0.4 is 10.5 Å². The molecule has 0 aliphatic rings. The monoisotopic (exact) mass is 493 g/mol. The molecule has 2 aromatic carbocycles. The van der Waals surface area contributed by atoms with Crippen LogP contribution in [0.2, 0.25) is 0 Å². The van der Waals surface area contributed by atoms with Gasteiger partial charge in [0.25, 0.3) is 11.6 Å². The highest BCUT2D eigenvalue weighted by Gasteiger charge is 2.21. The Bertz CT molecular complexity index is 1320. The SMILES string of the molecule is Cn1nnnc1Sc1ccc(C(=O)OCC(=O)Nc2ccc(S(N)(=O)=O)cc2)cc1[N+](=O)[O-]. The minimum absolute atomic E-state index is 0.132. The van der Waals surface area contributed by atoms with Gasteiger partial charge in [-0.05, 0) is 58.6 Å². The third-order valence-electron chi connectivity index (χ3n) is 3.97. The van der Waals surface area contributed by atoms with Crippen LogP contribution in [0.15, 0.2) is 57.4 Å². The van der Waals surface area contributed by atoms with Crippen LogP contribution in [0.25, 0.3) is 0 Å². The molecule has 0 aliphatic heterocycles. The Morgan fingerprint density at radius 1 is 1.24 bits per heavy atom. The first-order valence-electron chi connectivity index (χ1n) is 8.83. The number of nitrogens with one attached hydrogen (secondary N) is 1. The zero-order valence-electron chi connectivity index (χ0n) is 16.7. The van der Waals surface area contributed by atoms with Gasteiger partial charge in [-0.3, -0.25) is 14.9 Å². The van der Waals surface area contributed by atoms with Gasteiger partial charge in [0.1, 0.15) is 0 Å². The number of esters is 1. The molecule has 0 aliphatic carbocycles. The van der Waals surface area contributed by atoms with Crippen molar-refractivity contribution >= 4 is 45.0 Å². The first kappa shape index (κ1) is 23.8. The molecule has 0 atom stereocenters. The summed E-state index contributed by atoms with van der Waals surface area (Å²) < 4.78 is 28.7. The van der Waals surface area contributed by atoms with E-state index in [-0.39, 0.29) is 26.7 Å². The van der Waals surface area contributed by atoms with Crippen molar-refractivity contribution in [1.29, 1.82) is 0 Å². The number of amides is 1. The van der Waals surface area contributed by atoms with Crippen molar-refractivity contribution in [2.45, 2.75) is 14.9 Å². The van der Waals surface area contributed by atoms with Crippen molar-refractivity contribution in [2.24, 2.45) is 12.2 Å². The van der Waals surface area contributed by atoms with E-state index in [1.54, 1.807) is 7.05 Å². The molecule has 3 rings (SSSR count). The predicted octanol–water partition coefficient (Wildman–Crippen LogP) is 0.712. The van der Waals surface area contributed by atoms with E-state index in [9.17, 15) is 28.1 Å². The van der Waals surface area contributed by atoms with Gasteiger partial charge in [-0.1, -0.05) is 0 Å². The molecule has 33 heavy (non-hydrogen) atoms. The van der Waals surface area contributed by atoms with Gasteiger partial charge in [0.2, 0.25) is 15.2 Å². The summed E-state index contributed by atoms with van der Waals surface area (Å²) in [6.07, 6.45) is 0. The summed E-state index contributed by atoms with van der Waals surface area (Å²) in [7, 11) is -2.30. The molecule has 1 heterocycles. The van der Waals surface area contributed by atoms with Crippen LogP contribution >= 0.6 is 11.8 Å². The normalized spacial score (nSPS) is 11.1. The standard InChI is InChI=1S/C17H15N7O7S2/c1-23-17(20-21-22-23)32-14-7-2-10(8-13(14)24(27)28)16(26)31-9-15(25)19-11-3-5-12(6-4-11)33(18,29)30/h2-8H,9H2,1H3,(H,19,25)(H2,18,29,30). The molecule has 3 N–H and O–H groups in total. The first-order valence-corrected chi connectivity index (χ1v) is 11.2. The number of nitro groups is 1. The van der Waals surface area contributed by atoms with Crippen molar-refractivity contribution in [3.63, 3.8) is 0 Å². The van der Waals surface area contributed by atoms with Crippen molar-refractivity contribution in [3.8, 4) is 0 Å². The second kappa shape index (κ2) is 9.72. The van der Waals surface area contributed by atoms with Crippen LogP contribution in [0.4, 0.5) is 11.4 Å². The smallest absolute Gasteiger partial charge is 0.338 e. The van der Waals surface area contributed by atoms with Gasteiger partial charge in [-0.2, -0.15) is 0 Å². The molecule has 0 radical (unpaired) electrons. The number of hydrogen-bond acceptors (Lipinski definition) is 11. The minimum Gasteiger partial charge on any atom is -0.452 e. The quantitative estimate of drug-likeness (QED) is 0.254. The molecule has 1 amide bonds. The molecule has 3 aromatic rings. The largest absolute Gasteiger partial charge is 0.452 e. The molecule has 0 spiro atoms. The lowest BCUT2D eigenvalue weighted by Crippen LogP contribution is -2.21. The van der Waals surface area contributed by atoms with Crippen molar-refractivity contribution in [1.82, 2.24) is 20.2 Å². The summed E-state index contributed by atoms with van der Waals surface area (Å²) >= 11 is 0.942. The Morgan fingerprint density at radius 2 is 1.94 bits per heavy atom. The molecular weight excluding hydrogens is 478 g/mol. The number of primary sulfonamides is 1. The van der Waals surface area contributed by atoms with Gasteiger partial charge in [0, 0.05) is 18.8 Å². The average Bonchev–Trinajstić information content (AvgIpc) is 3.16. The summed E-state index contributed by atoms with van der Waals surface area (Å²) in [6, 6.07) is 8.71. The van der Waals surface area contributed by atoms with Crippen LogP contribution in [-0.2, 0) is 26.6 Å². The number of sulfonamides is 1. The summed E-state index contributed by atoms with van der Waals surface area (Å²) in [5.74, 6) is -1.65. The van der Waals surface area contributed by atoms with E-state index in [2.05, 4.69) is 20.8 Å². The maximum atomic E-state index is 12.3. The summed E-state index contributed by atoms with van der Waals surface area (Å²) in [6.45, 7) is -0.676. The molecule has 14 nitrogen and oxygen atoms in total. The molecular formula is C17H15N7O7S2. The topological polar surface area (TPSA) is 202 Å². The number of carbonyl (C=O) groups is 2. The first-order chi connectivity index (χ1) is 15.5. The molecule has 1 aromatic heterocycles. The molecule has 0 saturated heterocycles. The van der Waals surface area contributed by atoms with E-state index in [1.165, 1.54) is 41.1 Å². The van der Waals surface area contributed by atoms with Crippen molar-refractivity contribution in [2.75, 3.05) is 11.9 Å². The Kier molecular flexibility index (Phi) is 7.00. The van der Waals surface area contributed by atoms with Gasteiger partial charge in [-0.15, -0.1) is 5.10 Å². The molecule has 0 fully saturated rings. The number of tetrazole rings is 1. The number of ether oxygens (including phenoxy) is 1. The van der Waals surface area contributed by atoms with Crippen LogP contribution in [0.1, 0.15) is 10.4 Å². The van der Waals surface area contributed by atoms with Crippen molar-refractivity contribution in [3.05, 3.63) is 58.1 Å². The highest BCUT2D eigenvalue weighted by Crippen LogP contribution is 2.34. The molecule has 172 valence electrons. The highest BCUT2D eigenvalue weighted by atomic mass is 32.2. The van der Waals surface area contributed by atoms with Crippen LogP contribution in [0, 0.1) is 10.1 Å². The van der Waals surface area contributed by atoms with Gasteiger partial charge in [0.05, 0.1) is 20.3 Å². The Labute approximate surface area is 190 Å². The number of anilines is 1. The number of hydrogen-bond donors (Lipinski definition) is 2. The van der Waals surface area contributed by atoms with Gasteiger partial charge < -0.3 is 10.1 Å². The van der Waals surface area contributed by atoms with Gasteiger partial charge in [-0.25, -0.2) is 23.0 Å². The number of nitro benzene ring substituents is 1. The van der Waals surface area contributed by atoms with Gasteiger partial charge in [0.15, 0.2) is 6.61 Å². The lowest BCUT2D eigenvalue weighted by atomic mass is 10.2. The third kappa shape index (κ3) is 6.09. The third-order valence-corrected chi connectivity index (χ3v) is 6.00. The number of aryl methyl sites for hydroxylation is 1. The maximum Gasteiger partial charge on any atom is 0.338 e. The number of nitrogens with two attached hydrogens (primary N) is 1. The molecule has 0 saturated carbocycles. The molecule has 16 heteroatoms. The van der Waals surface area contributed by atoms with E-state index in [4.69, 9.17) is 9.88 Å². The van der Waals surface area contributed by atoms with Crippen LogP contribution in [-0.4, -0.2) is 52.0 Å². The summed E-state index contributed by atoms with van der Waals surface area (Å²) in [4.78, 5) is 35.1. The molecule has 0 unspecified atom stereocenters. The number of nitrogens with zero attached hydrogens (tertiary/aromatic N) is 5. The fourth-order valence-corrected chi connectivity index (χ4v) is 3.75.